The zero-order valence-corrected chi connectivity index (χ0v) is 5.82. The van der Waals surface area contributed by atoms with Crippen LogP contribution in [0.5, 0.6) is 0 Å². The number of carbonyl (C=O) groups is 1. The quantitative estimate of drug-likeness (QED) is 0.573. The molecule has 0 aliphatic heterocycles. The van der Waals surface area contributed by atoms with Crippen molar-refractivity contribution in [2.24, 2.45) is 0 Å². The van der Waals surface area contributed by atoms with Crippen LogP contribution < -0.4 is 0 Å². The van der Waals surface area contributed by atoms with E-state index in [2.05, 4.69) is 0 Å². The maximum atomic E-state index is 9.87. The van der Waals surface area contributed by atoms with E-state index in [1.807, 2.05) is 0 Å². The fourth-order valence-electron chi connectivity index (χ4n) is 1.26. The van der Waals surface area contributed by atoms with Crippen LogP contribution in [0.15, 0.2) is 0 Å². The third kappa shape index (κ3) is 1.99. The Hall–Kier alpha value is -0.570. The Labute approximate surface area is 60.0 Å². The second-order valence-corrected chi connectivity index (χ2v) is 2.66. The van der Waals surface area contributed by atoms with Gasteiger partial charge in [0, 0.05) is 0 Å². The minimum Gasteiger partial charge on any atom is -0.465 e. The summed E-state index contributed by atoms with van der Waals surface area (Å²) in [4.78, 5) is 9.87. The van der Waals surface area contributed by atoms with Crippen molar-refractivity contribution < 1.29 is 14.6 Å². The molecule has 1 fully saturated rings. The summed E-state index contributed by atoms with van der Waals surface area (Å²) in [5.41, 5.74) is 0. The van der Waals surface area contributed by atoms with Gasteiger partial charge in [0.05, 0.1) is 6.10 Å². The fraction of sp³-hybridized carbons (Fsp3) is 0.857. The predicted molar refractivity (Wildman–Crippen MR) is 35.4 cm³/mol. The molecule has 10 heavy (non-hydrogen) atoms. The van der Waals surface area contributed by atoms with Gasteiger partial charge in [-0.2, -0.15) is 0 Å². The molecule has 0 aromatic rings. The van der Waals surface area contributed by atoms with Crippen LogP contribution in [0, 0.1) is 0 Å². The largest absolute Gasteiger partial charge is 0.465 e. The van der Waals surface area contributed by atoms with Crippen LogP contribution >= 0.6 is 0 Å². The van der Waals surface area contributed by atoms with Gasteiger partial charge < -0.3 is 9.84 Å². The van der Waals surface area contributed by atoms with E-state index in [0.29, 0.717) is 6.47 Å². The Morgan fingerprint density at radius 1 is 1.30 bits per heavy atom. The van der Waals surface area contributed by atoms with Gasteiger partial charge in [0.15, 0.2) is 0 Å². The SMILES string of the molecule is O=COC1CCC(O)CC1. The van der Waals surface area contributed by atoms with Crippen molar-refractivity contribution in [3.63, 3.8) is 0 Å². The predicted octanol–water partition coefficient (Wildman–Crippen LogP) is 0.463. The summed E-state index contributed by atoms with van der Waals surface area (Å²) < 4.78 is 4.74. The molecular weight excluding hydrogens is 132 g/mol. The van der Waals surface area contributed by atoms with E-state index < -0.39 is 0 Å². The number of ether oxygens (including phenoxy) is 1. The highest BCUT2D eigenvalue weighted by atomic mass is 16.5. The molecular formula is C7H12O3. The van der Waals surface area contributed by atoms with E-state index in [4.69, 9.17) is 9.84 Å². The second-order valence-electron chi connectivity index (χ2n) is 2.66. The highest BCUT2D eigenvalue weighted by molar-refractivity contribution is 5.37. The van der Waals surface area contributed by atoms with Gasteiger partial charge >= 0.3 is 0 Å². The van der Waals surface area contributed by atoms with Crippen LogP contribution in [0.2, 0.25) is 0 Å². The number of hydrogen-bond donors (Lipinski definition) is 1. The minimum atomic E-state index is -0.175. The van der Waals surface area contributed by atoms with Gasteiger partial charge in [-0.1, -0.05) is 0 Å². The summed E-state index contributed by atoms with van der Waals surface area (Å²) in [5, 5.41) is 9.05. The molecule has 1 aliphatic carbocycles. The molecule has 0 bridgehead atoms. The molecule has 1 N–H and O–H groups in total. The third-order valence-electron chi connectivity index (χ3n) is 1.89. The molecule has 1 saturated carbocycles. The summed E-state index contributed by atoms with van der Waals surface area (Å²) in [6.07, 6.45) is 3.02. The fourth-order valence-corrected chi connectivity index (χ4v) is 1.26. The van der Waals surface area contributed by atoms with E-state index >= 15 is 0 Å². The molecule has 58 valence electrons. The molecule has 1 rings (SSSR count). The van der Waals surface area contributed by atoms with Gasteiger partial charge in [-0.05, 0) is 25.7 Å². The lowest BCUT2D eigenvalue weighted by molar-refractivity contribution is -0.135. The highest BCUT2D eigenvalue weighted by Gasteiger charge is 2.19. The van der Waals surface area contributed by atoms with Crippen molar-refractivity contribution in [1.82, 2.24) is 0 Å². The topological polar surface area (TPSA) is 46.5 Å². The van der Waals surface area contributed by atoms with E-state index in [9.17, 15) is 4.79 Å². The number of aliphatic hydroxyl groups is 1. The molecule has 0 atom stereocenters. The van der Waals surface area contributed by atoms with Crippen LogP contribution in [0.3, 0.4) is 0 Å². The van der Waals surface area contributed by atoms with Crippen molar-refractivity contribution in [1.29, 1.82) is 0 Å². The molecule has 0 radical (unpaired) electrons. The standard InChI is InChI=1S/C7H12O3/c8-5-10-7-3-1-6(9)2-4-7/h5-7,9H,1-4H2. The van der Waals surface area contributed by atoms with Gasteiger partial charge in [-0.3, -0.25) is 4.79 Å². The van der Waals surface area contributed by atoms with Crippen LogP contribution in [0.4, 0.5) is 0 Å². The van der Waals surface area contributed by atoms with E-state index in [1.54, 1.807) is 0 Å². The molecule has 1 aliphatic rings. The first-order valence-corrected chi connectivity index (χ1v) is 3.60. The molecule has 0 aromatic heterocycles. The van der Waals surface area contributed by atoms with Crippen LogP contribution in [-0.2, 0) is 9.53 Å². The van der Waals surface area contributed by atoms with Gasteiger partial charge in [0.2, 0.25) is 0 Å². The lowest BCUT2D eigenvalue weighted by Gasteiger charge is -2.23. The Kier molecular flexibility index (Phi) is 2.68. The number of hydrogen-bond acceptors (Lipinski definition) is 3. The van der Waals surface area contributed by atoms with Crippen LogP contribution in [0.1, 0.15) is 25.7 Å². The zero-order chi connectivity index (χ0) is 7.40. The van der Waals surface area contributed by atoms with Crippen molar-refractivity contribution in [2.75, 3.05) is 0 Å². The second kappa shape index (κ2) is 3.56. The molecule has 0 aromatic carbocycles. The minimum absolute atomic E-state index is 0.0564. The maximum absolute atomic E-state index is 9.87. The third-order valence-corrected chi connectivity index (χ3v) is 1.89. The Bertz CT molecular complexity index is 105. The average Bonchev–Trinajstić information content (AvgIpc) is 1.95. The van der Waals surface area contributed by atoms with Gasteiger partial charge in [0.1, 0.15) is 6.10 Å². The van der Waals surface area contributed by atoms with Gasteiger partial charge in [-0.25, -0.2) is 0 Å². The smallest absolute Gasteiger partial charge is 0.293 e. The first-order valence-electron chi connectivity index (χ1n) is 3.60. The molecule has 0 spiro atoms. The van der Waals surface area contributed by atoms with E-state index in [0.717, 1.165) is 25.7 Å². The Morgan fingerprint density at radius 2 is 1.90 bits per heavy atom. The maximum Gasteiger partial charge on any atom is 0.293 e. The molecule has 3 nitrogen and oxygen atoms in total. The van der Waals surface area contributed by atoms with Crippen molar-refractivity contribution in [3.8, 4) is 0 Å². The van der Waals surface area contributed by atoms with Crippen molar-refractivity contribution in [2.45, 2.75) is 37.9 Å². The first kappa shape index (κ1) is 7.54. The Morgan fingerprint density at radius 3 is 2.40 bits per heavy atom. The van der Waals surface area contributed by atoms with Crippen LogP contribution in [0.25, 0.3) is 0 Å². The summed E-state index contributed by atoms with van der Waals surface area (Å²) in [6.45, 7) is 0.488. The number of rotatable bonds is 2. The monoisotopic (exact) mass is 144 g/mol. The van der Waals surface area contributed by atoms with Crippen LogP contribution in [-0.4, -0.2) is 23.8 Å². The molecule has 0 amide bonds. The average molecular weight is 144 g/mol. The number of aliphatic hydroxyl groups excluding tert-OH is 1. The summed E-state index contributed by atoms with van der Waals surface area (Å²) in [6, 6.07) is 0. The van der Waals surface area contributed by atoms with Gasteiger partial charge in [-0.15, -0.1) is 0 Å². The lowest BCUT2D eigenvalue weighted by atomic mass is 9.95. The first-order chi connectivity index (χ1) is 4.83. The van der Waals surface area contributed by atoms with Crippen molar-refractivity contribution >= 4 is 6.47 Å². The summed E-state index contributed by atoms with van der Waals surface area (Å²) in [5.74, 6) is 0. The zero-order valence-electron chi connectivity index (χ0n) is 5.82. The molecule has 0 unspecified atom stereocenters. The molecule has 3 heteroatoms. The molecule has 0 saturated heterocycles. The van der Waals surface area contributed by atoms with Crippen molar-refractivity contribution in [3.05, 3.63) is 0 Å². The normalized spacial score (nSPS) is 33.3. The summed E-state index contributed by atoms with van der Waals surface area (Å²) in [7, 11) is 0. The molecule has 0 heterocycles. The highest BCUT2D eigenvalue weighted by Crippen LogP contribution is 2.19. The summed E-state index contributed by atoms with van der Waals surface area (Å²) >= 11 is 0. The lowest BCUT2D eigenvalue weighted by Crippen LogP contribution is -2.23. The number of carbonyl (C=O) groups excluding carboxylic acids is 1. The Balaban J connectivity index is 2.19. The van der Waals surface area contributed by atoms with Gasteiger partial charge in [0.25, 0.3) is 6.47 Å². The van der Waals surface area contributed by atoms with E-state index in [-0.39, 0.29) is 12.2 Å². The van der Waals surface area contributed by atoms with E-state index in [1.165, 1.54) is 0 Å².